The lowest BCUT2D eigenvalue weighted by Gasteiger charge is -2.31. The van der Waals surface area contributed by atoms with Gasteiger partial charge in [-0.1, -0.05) is 6.92 Å². The molecule has 1 aliphatic rings. The summed E-state index contributed by atoms with van der Waals surface area (Å²) in [6, 6.07) is 0.903. The molecule has 1 saturated heterocycles. The predicted octanol–water partition coefficient (Wildman–Crippen LogP) is 1.14. The van der Waals surface area contributed by atoms with Gasteiger partial charge in [-0.05, 0) is 33.2 Å². The van der Waals surface area contributed by atoms with E-state index in [1.807, 2.05) is 6.92 Å². The molecule has 0 unspecified atom stereocenters. The molecule has 16 heavy (non-hydrogen) atoms. The molecule has 0 aromatic heterocycles. The predicted molar refractivity (Wildman–Crippen MR) is 67.0 cm³/mol. The Bertz CT molecular complexity index is 314. The summed E-state index contributed by atoms with van der Waals surface area (Å²) in [6.45, 7) is 8.57. The molecule has 0 aromatic carbocycles. The van der Waals surface area contributed by atoms with Gasteiger partial charge in [0.05, 0.1) is 6.26 Å². The quantitative estimate of drug-likeness (QED) is 0.732. The normalized spacial score (nSPS) is 23.5. The van der Waals surface area contributed by atoms with Crippen molar-refractivity contribution in [1.82, 2.24) is 9.21 Å². The standard InChI is InChI=1S/C11H24N2O2S/c1-5-12(16(4,14)15)9-11-7-6-8-13(11)10(2)3/h10-11H,5-9H2,1-4H3/t11-/m1/s1. The van der Waals surface area contributed by atoms with Crippen LogP contribution in [0.15, 0.2) is 0 Å². The van der Waals surface area contributed by atoms with Crippen molar-refractivity contribution in [1.29, 1.82) is 0 Å². The molecule has 96 valence electrons. The topological polar surface area (TPSA) is 40.6 Å². The van der Waals surface area contributed by atoms with Crippen LogP contribution in [0.5, 0.6) is 0 Å². The van der Waals surface area contributed by atoms with Gasteiger partial charge in [0.1, 0.15) is 0 Å². The zero-order valence-electron chi connectivity index (χ0n) is 10.8. The Morgan fingerprint density at radius 2 is 2.06 bits per heavy atom. The molecular weight excluding hydrogens is 224 g/mol. The number of hydrogen-bond acceptors (Lipinski definition) is 3. The molecule has 4 nitrogen and oxygen atoms in total. The van der Waals surface area contributed by atoms with Crippen molar-refractivity contribution in [3.8, 4) is 0 Å². The molecule has 0 bridgehead atoms. The Kier molecular flexibility index (Phi) is 4.76. The van der Waals surface area contributed by atoms with Crippen LogP contribution < -0.4 is 0 Å². The van der Waals surface area contributed by atoms with E-state index in [1.165, 1.54) is 12.7 Å². The van der Waals surface area contributed by atoms with Crippen LogP contribution in [0, 0.1) is 0 Å². The molecule has 5 heteroatoms. The molecule has 1 fully saturated rings. The van der Waals surface area contributed by atoms with Gasteiger partial charge in [-0.3, -0.25) is 4.90 Å². The first-order chi connectivity index (χ1) is 7.36. The van der Waals surface area contributed by atoms with Gasteiger partial charge in [-0.2, -0.15) is 0 Å². The summed E-state index contributed by atoms with van der Waals surface area (Å²) in [4.78, 5) is 2.41. The molecule has 1 atom stereocenters. The van der Waals surface area contributed by atoms with Crippen LogP contribution in [0.1, 0.15) is 33.6 Å². The van der Waals surface area contributed by atoms with Gasteiger partial charge < -0.3 is 0 Å². The number of rotatable bonds is 5. The molecule has 0 radical (unpaired) electrons. The molecule has 0 aliphatic carbocycles. The van der Waals surface area contributed by atoms with E-state index in [1.54, 1.807) is 4.31 Å². The van der Waals surface area contributed by atoms with Crippen LogP contribution in [-0.4, -0.2) is 55.6 Å². The van der Waals surface area contributed by atoms with Gasteiger partial charge in [-0.25, -0.2) is 12.7 Å². The van der Waals surface area contributed by atoms with Crippen molar-refractivity contribution >= 4 is 10.0 Å². The maximum Gasteiger partial charge on any atom is 0.211 e. The van der Waals surface area contributed by atoms with Gasteiger partial charge in [0, 0.05) is 25.2 Å². The van der Waals surface area contributed by atoms with Crippen molar-refractivity contribution in [3.05, 3.63) is 0 Å². The van der Waals surface area contributed by atoms with Crippen LogP contribution in [0.3, 0.4) is 0 Å². The van der Waals surface area contributed by atoms with Crippen molar-refractivity contribution in [2.75, 3.05) is 25.9 Å². The second-order valence-electron chi connectivity index (χ2n) is 4.84. The van der Waals surface area contributed by atoms with E-state index in [0.29, 0.717) is 25.2 Å². The minimum absolute atomic E-state index is 0.398. The highest BCUT2D eigenvalue weighted by atomic mass is 32.2. The summed E-state index contributed by atoms with van der Waals surface area (Å²) < 4.78 is 24.7. The number of sulfonamides is 1. The molecule has 1 rings (SSSR count). The smallest absolute Gasteiger partial charge is 0.211 e. The largest absolute Gasteiger partial charge is 0.297 e. The summed E-state index contributed by atoms with van der Waals surface area (Å²) in [6.07, 6.45) is 3.60. The number of nitrogens with zero attached hydrogens (tertiary/aromatic N) is 2. The average molecular weight is 248 g/mol. The van der Waals surface area contributed by atoms with Gasteiger partial charge in [0.2, 0.25) is 10.0 Å². The first-order valence-corrected chi connectivity index (χ1v) is 7.92. The maximum atomic E-state index is 11.5. The van der Waals surface area contributed by atoms with E-state index < -0.39 is 10.0 Å². The van der Waals surface area contributed by atoms with E-state index in [0.717, 1.165) is 13.0 Å². The Balaban J connectivity index is 2.65. The number of likely N-dealkylation sites (tertiary alicyclic amines) is 1. The highest BCUT2D eigenvalue weighted by molar-refractivity contribution is 7.88. The van der Waals surface area contributed by atoms with E-state index in [9.17, 15) is 8.42 Å². The summed E-state index contributed by atoms with van der Waals surface area (Å²) in [5.41, 5.74) is 0. The molecular formula is C11H24N2O2S. The highest BCUT2D eigenvalue weighted by Crippen LogP contribution is 2.21. The first-order valence-electron chi connectivity index (χ1n) is 6.07. The third-order valence-electron chi connectivity index (χ3n) is 3.32. The lowest BCUT2D eigenvalue weighted by molar-refractivity contribution is 0.180. The van der Waals surface area contributed by atoms with Gasteiger partial charge in [0.15, 0.2) is 0 Å². The van der Waals surface area contributed by atoms with Crippen LogP contribution in [0.4, 0.5) is 0 Å². The van der Waals surface area contributed by atoms with Crippen LogP contribution in [-0.2, 0) is 10.0 Å². The van der Waals surface area contributed by atoms with E-state index in [4.69, 9.17) is 0 Å². The number of hydrogen-bond donors (Lipinski definition) is 0. The Hall–Kier alpha value is -0.130. The fourth-order valence-electron chi connectivity index (χ4n) is 2.47. The second kappa shape index (κ2) is 5.47. The molecule has 0 N–H and O–H groups in total. The minimum atomic E-state index is -3.04. The fraction of sp³-hybridized carbons (Fsp3) is 1.00. The SMILES string of the molecule is CCN(C[C@H]1CCCN1C(C)C)S(C)(=O)=O. The zero-order chi connectivity index (χ0) is 12.3. The lowest BCUT2D eigenvalue weighted by Crippen LogP contribution is -2.45. The van der Waals surface area contributed by atoms with Crippen LogP contribution >= 0.6 is 0 Å². The van der Waals surface area contributed by atoms with E-state index in [-0.39, 0.29) is 0 Å². The first kappa shape index (κ1) is 13.9. The summed E-state index contributed by atoms with van der Waals surface area (Å²) >= 11 is 0. The summed E-state index contributed by atoms with van der Waals surface area (Å²) in [7, 11) is -3.04. The molecule has 1 aliphatic heterocycles. The van der Waals surface area contributed by atoms with Gasteiger partial charge >= 0.3 is 0 Å². The monoisotopic (exact) mass is 248 g/mol. The minimum Gasteiger partial charge on any atom is -0.297 e. The summed E-state index contributed by atoms with van der Waals surface area (Å²) in [5, 5.41) is 0. The van der Waals surface area contributed by atoms with Crippen molar-refractivity contribution in [3.63, 3.8) is 0 Å². The van der Waals surface area contributed by atoms with E-state index in [2.05, 4.69) is 18.7 Å². The van der Waals surface area contributed by atoms with Gasteiger partial charge in [0.25, 0.3) is 0 Å². The van der Waals surface area contributed by atoms with Crippen molar-refractivity contribution in [2.45, 2.75) is 45.7 Å². The van der Waals surface area contributed by atoms with Gasteiger partial charge in [-0.15, -0.1) is 0 Å². The molecule has 0 aromatic rings. The Labute approximate surface area is 99.7 Å². The fourth-order valence-corrected chi connectivity index (χ4v) is 3.38. The Morgan fingerprint density at radius 1 is 1.44 bits per heavy atom. The van der Waals surface area contributed by atoms with Crippen molar-refractivity contribution in [2.24, 2.45) is 0 Å². The van der Waals surface area contributed by atoms with Crippen molar-refractivity contribution < 1.29 is 8.42 Å². The highest BCUT2D eigenvalue weighted by Gasteiger charge is 2.29. The zero-order valence-corrected chi connectivity index (χ0v) is 11.6. The molecule has 0 amide bonds. The van der Waals surface area contributed by atoms with E-state index >= 15 is 0 Å². The van der Waals surface area contributed by atoms with Crippen LogP contribution in [0.25, 0.3) is 0 Å². The summed E-state index contributed by atoms with van der Waals surface area (Å²) in [5.74, 6) is 0. The molecule has 0 saturated carbocycles. The Morgan fingerprint density at radius 3 is 2.50 bits per heavy atom. The molecule has 0 spiro atoms. The second-order valence-corrected chi connectivity index (χ2v) is 6.82. The third kappa shape index (κ3) is 3.43. The number of likely N-dealkylation sites (N-methyl/N-ethyl adjacent to an activating group) is 1. The average Bonchev–Trinajstić information content (AvgIpc) is 2.59. The lowest BCUT2D eigenvalue weighted by atomic mass is 10.2. The third-order valence-corrected chi connectivity index (χ3v) is 4.67. The molecule has 1 heterocycles. The maximum absolute atomic E-state index is 11.5. The van der Waals surface area contributed by atoms with Crippen LogP contribution in [0.2, 0.25) is 0 Å².